The molecule has 2 heterocycles. The molecule has 0 saturated heterocycles. The second-order valence-electron chi connectivity index (χ2n) is 6.25. The van der Waals surface area contributed by atoms with Crippen LogP contribution in [0.3, 0.4) is 0 Å². The Kier molecular flexibility index (Phi) is 6.14. The number of esters is 1. The highest BCUT2D eigenvalue weighted by Crippen LogP contribution is 2.28. The number of carbonyl (C=O) groups is 1. The molecule has 2 aromatic heterocycles. The second kappa shape index (κ2) is 9.32. The van der Waals surface area contributed by atoms with Gasteiger partial charge < -0.3 is 4.74 Å². The number of thioether (sulfide) groups is 1. The van der Waals surface area contributed by atoms with Crippen molar-refractivity contribution < 1.29 is 13.9 Å². The molecule has 0 amide bonds. The average molecular weight is 420 g/mol. The van der Waals surface area contributed by atoms with Crippen LogP contribution in [-0.4, -0.2) is 31.5 Å². The Labute approximate surface area is 176 Å². The van der Waals surface area contributed by atoms with Gasteiger partial charge in [0.2, 0.25) is 0 Å². The molecule has 4 rings (SSSR count). The number of ether oxygens (including phenoxy) is 1. The summed E-state index contributed by atoms with van der Waals surface area (Å²) in [5.41, 5.74) is 2.24. The van der Waals surface area contributed by atoms with E-state index in [1.165, 1.54) is 23.9 Å². The average Bonchev–Trinajstić information content (AvgIpc) is 3.22. The van der Waals surface area contributed by atoms with Crippen LogP contribution in [0, 0.1) is 5.82 Å². The van der Waals surface area contributed by atoms with Gasteiger partial charge in [0.05, 0.1) is 11.4 Å². The second-order valence-corrected chi connectivity index (χ2v) is 7.20. The summed E-state index contributed by atoms with van der Waals surface area (Å²) in [4.78, 5) is 16.3. The molecule has 0 unspecified atom stereocenters. The molecule has 30 heavy (non-hydrogen) atoms. The van der Waals surface area contributed by atoms with Gasteiger partial charge >= 0.3 is 5.97 Å². The van der Waals surface area contributed by atoms with E-state index in [-0.39, 0.29) is 24.1 Å². The first-order valence-corrected chi connectivity index (χ1v) is 10.1. The molecule has 0 atom stereocenters. The van der Waals surface area contributed by atoms with E-state index >= 15 is 0 Å². The molecule has 0 N–H and O–H groups in total. The van der Waals surface area contributed by atoms with Crippen LogP contribution in [0.5, 0.6) is 0 Å². The van der Waals surface area contributed by atoms with Crippen LogP contribution in [0.1, 0.15) is 5.69 Å². The predicted molar refractivity (Wildman–Crippen MR) is 112 cm³/mol. The molecule has 4 aromatic rings. The molecule has 0 aliphatic heterocycles. The van der Waals surface area contributed by atoms with Crippen molar-refractivity contribution in [2.24, 2.45) is 0 Å². The van der Waals surface area contributed by atoms with Crippen molar-refractivity contribution in [2.45, 2.75) is 11.8 Å². The third-order valence-electron chi connectivity index (χ3n) is 4.18. The quantitative estimate of drug-likeness (QED) is 0.328. The van der Waals surface area contributed by atoms with Gasteiger partial charge in [0, 0.05) is 17.4 Å². The molecule has 0 spiro atoms. The maximum Gasteiger partial charge on any atom is 0.316 e. The van der Waals surface area contributed by atoms with Crippen LogP contribution in [0.2, 0.25) is 0 Å². The summed E-state index contributed by atoms with van der Waals surface area (Å²) in [6.07, 6.45) is 1.65. The number of para-hydroxylation sites is 1. The van der Waals surface area contributed by atoms with Gasteiger partial charge in [-0.05, 0) is 48.5 Å². The van der Waals surface area contributed by atoms with Crippen molar-refractivity contribution in [1.29, 1.82) is 0 Å². The van der Waals surface area contributed by atoms with Crippen LogP contribution in [0.25, 0.3) is 17.1 Å². The normalized spacial score (nSPS) is 10.7. The molecule has 0 aliphatic rings. The highest BCUT2D eigenvalue weighted by molar-refractivity contribution is 7.99. The number of rotatable bonds is 7. The van der Waals surface area contributed by atoms with E-state index in [0.717, 1.165) is 11.3 Å². The maximum atomic E-state index is 13.3. The molecule has 0 fully saturated rings. The topological polar surface area (TPSA) is 69.9 Å². The van der Waals surface area contributed by atoms with Gasteiger partial charge in [-0.3, -0.25) is 14.3 Å². The molecule has 0 bridgehead atoms. The minimum Gasteiger partial charge on any atom is -0.459 e. The number of pyridine rings is 1. The Morgan fingerprint density at radius 1 is 0.967 bits per heavy atom. The fourth-order valence-corrected chi connectivity index (χ4v) is 3.51. The van der Waals surface area contributed by atoms with Crippen molar-refractivity contribution in [3.63, 3.8) is 0 Å². The Bertz CT molecular complexity index is 1120. The van der Waals surface area contributed by atoms with Gasteiger partial charge in [0.15, 0.2) is 11.0 Å². The zero-order valence-electron chi connectivity index (χ0n) is 15.8. The fraction of sp³-hybridized carbons (Fsp3) is 0.0909. The zero-order chi connectivity index (χ0) is 20.8. The summed E-state index contributed by atoms with van der Waals surface area (Å²) >= 11 is 1.22. The first-order chi connectivity index (χ1) is 14.7. The van der Waals surface area contributed by atoms with Crippen molar-refractivity contribution in [1.82, 2.24) is 19.7 Å². The molecule has 2 aromatic carbocycles. The molecule has 0 radical (unpaired) electrons. The first kappa shape index (κ1) is 19.8. The smallest absolute Gasteiger partial charge is 0.316 e. The van der Waals surface area contributed by atoms with E-state index in [4.69, 9.17) is 4.74 Å². The van der Waals surface area contributed by atoms with Crippen LogP contribution < -0.4 is 0 Å². The molecule has 6 nitrogen and oxygen atoms in total. The standard InChI is InChI=1S/C22H17FN4O2S/c23-17-11-9-16(10-12-17)21-25-26-22(27(21)19-7-2-1-3-8-19)30-15-20(28)29-14-18-6-4-5-13-24-18/h1-13H,14-15H2. The Hall–Kier alpha value is -3.52. The van der Waals surface area contributed by atoms with E-state index in [1.54, 1.807) is 30.5 Å². The summed E-state index contributed by atoms with van der Waals surface area (Å²) in [5.74, 6) is -0.0711. The molecule has 8 heteroatoms. The third-order valence-corrected chi connectivity index (χ3v) is 5.08. The number of halogens is 1. The maximum absolute atomic E-state index is 13.3. The Morgan fingerprint density at radius 3 is 2.47 bits per heavy atom. The van der Waals surface area contributed by atoms with Gasteiger partial charge in [-0.25, -0.2) is 4.39 Å². The van der Waals surface area contributed by atoms with Crippen LogP contribution in [0.4, 0.5) is 4.39 Å². The highest BCUT2D eigenvalue weighted by atomic mass is 32.2. The minimum absolute atomic E-state index is 0.0707. The van der Waals surface area contributed by atoms with Crippen molar-refractivity contribution in [3.8, 4) is 17.1 Å². The SMILES string of the molecule is O=C(CSc1nnc(-c2ccc(F)cc2)n1-c1ccccc1)OCc1ccccn1. The molecule has 0 aliphatic carbocycles. The van der Waals surface area contributed by atoms with E-state index in [0.29, 0.717) is 16.7 Å². The molecular formula is C22H17FN4O2S. The minimum atomic E-state index is -0.378. The van der Waals surface area contributed by atoms with Crippen molar-refractivity contribution in [2.75, 3.05) is 5.75 Å². The van der Waals surface area contributed by atoms with Crippen molar-refractivity contribution in [3.05, 3.63) is 90.5 Å². The summed E-state index contributed by atoms with van der Waals surface area (Å²) in [5, 5.41) is 9.05. The number of hydrogen-bond acceptors (Lipinski definition) is 6. The lowest BCUT2D eigenvalue weighted by atomic mass is 10.2. The van der Waals surface area contributed by atoms with Crippen molar-refractivity contribution >= 4 is 17.7 Å². The van der Waals surface area contributed by atoms with Crippen LogP contribution in [-0.2, 0) is 16.1 Å². The third kappa shape index (κ3) is 4.72. The van der Waals surface area contributed by atoms with E-state index in [9.17, 15) is 9.18 Å². The monoisotopic (exact) mass is 420 g/mol. The van der Waals surface area contributed by atoms with Gasteiger partial charge in [0.25, 0.3) is 0 Å². The number of benzene rings is 2. The van der Waals surface area contributed by atoms with E-state index in [1.807, 2.05) is 41.0 Å². The van der Waals surface area contributed by atoms with Gasteiger partial charge in [-0.1, -0.05) is 36.0 Å². The van der Waals surface area contributed by atoms with Gasteiger partial charge in [-0.2, -0.15) is 0 Å². The zero-order valence-corrected chi connectivity index (χ0v) is 16.6. The summed E-state index contributed by atoms with van der Waals surface area (Å²) < 4.78 is 20.4. The first-order valence-electron chi connectivity index (χ1n) is 9.16. The van der Waals surface area contributed by atoms with Gasteiger partial charge in [-0.15, -0.1) is 10.2 Å². The largest absolute Gasteiger partial charge is 0.459 e. The summed E-state index contributed by atoms with van der Waals surface area (Å²) in [7, 11) is 0. The molecule has 0 saturated carbocycles. The summed E-state index contributed by atoms with van der Waals surface area (Å²) in [6.45, 7) is 0.117. The highest BCUT2D eigenvalue weighted by Gasteiger charge is 2.17. The number of hydrogen-bond donors (Lipinski definition) is 0. The number of nitrogens with zero attached hydrogens (tertiary/aromatic N) is 4. The van der Waals surface area contributed by atoms with Crippen LogP contribution in [0.15, 0.2) is 84.1 Å². The Balaban J connectivity index is 1.53. The fourth-order valence-electron chi connectivity index (χ4n) is 2.76. The number of aromatic nitrogens is 4. The lowest BCUT2D eigenvalue weighted by Crippen LogP contribution is -2.09. The lowest BCUT2D eigenvalue weighted by molar-refractivity contribution is -0.141. The van der Waals surface area contributed by atoms with E-state index < -0.39 is 0 Å². The molecule has 150 valence electrons. The molecular weight excluding hydrogens is 403 g/mol. The van der Waals surface area contributed by atoms with Gasteiger partial charge in [0.1, 0.15) is 12.4 Å². The van der Waals surface area contributed by atoms with E-state index in [2.05, 4.69) is 15.2 Å². The summed E-state index contributed by atoms with van der Waals surface area (Å²) in [6, 6.07) is 21.0. The Morgan fingerprint density at radius 2 is 1.73 bits per heavy atom. The lowest BCUT2D eigenvalue weighted by Gasteiger charge is -2.10. The number of carbonyl (C=O) groups excluding carboxylic acids is 1. The van der Waals surface area contributed by atoms with Crippen LogP contribution >= 0.6 is 11.8 Å². The predicted octanol–water partition coefficient (Wildman–Crippen LogP) is 4.30.